The Labute approximate surface area is 182 Å². The van der Waals surface area contributed by atoms with E-state index in [1.165, 1.54) is 0 Å². The highest BCUT2D eigenvalue weighted by Gasteiger charge is 2.14. The zero-order valence-corrected chi connectivity index (χ0v) is 17.5. The number of esters is 1. The van der Waals surface area contributed by atoms with Crippen molar-refractivity contribution in [3.63, 3.8) is 0 Å². The molecule has 31 heavy (non-hydrogen) atoms. The number of halogens is 1. The molecule has 0 aliphatic heterocycles. The van der Waals surface area contributed by atoms with Gasteiger partial charge in [-0.25, -0.2) is 4.79 Å². The number of carbonyl (C=O) groups excluding carboxylic acids is 1. The van der Waals surface area contributed by atoms with E-state index in [-0.39, 0.29) is 18.4 Å². The lowest BCUT2D eigenvalue weighted by Crippen LogP contribution is -2.05. The summed E-state index contributed by atoms with van der Waals surface area (Å²) in [6.07, 6.45) is 0. The van der Waals surface area contributed by atoms with Crippen LogP contribution in [0.25, 0.3) is 11.5 Å². The maximum atomic E-state index is 12.3. The van der Waals surface area contributed by atoms with Gasteiger partial charge in [-0.1, -0.05) is 28.9 Å². The Hall–Kier alpha value is -3.65. The van der Waals surface area contributed by atoms with Gasteiger partial charge in [-0.05, 0) is 50.2 Å². The standard InChI is InChI=1S/C22H18ClN3O5/c1-13-18(14(2)31-26-13)11-28-16-9-7-15(8-10-16)22(27)29-12-20-24-25-21(30-20)17-5-3-4-6-19(17)23/h3-10H,11-12H2,1-2H3. The number of hydrogen-bond acceptors (Lipinski definition) is 8. The summed E-state index contributed by atoms with van der Waals surface area (Å²) >= 11 is 6.12. The quantitative estimate of drug-likeness (QED) is 0.373. The number of aromatic nitrogens is 3. The topological polar surface area (TPSA) is 100 Å². The maximum Gasteiger partial charge on any atom is 0.338 e. The number of hydrogen-bond donors (Lipinski definition) is 0. The van der Waals surface area contributed by atoms with Gasteiger partial charge in [0.25, 0.3) is 5.89 Å². The second kappa shape index (κ2) is 9.01. The monoisotopic (exact) mass is 439 g/mol. The molecular weight excluding hydrogens is 422 g/mol. The molecule has 9 heteroatoms. The molecule has 0 amide bonds. The largest absolute Gasteiger partial charge is 0.489 e. The first-order valence-corrected chi connectivity index (χ1v) is 9.78. The van der Waals surface area contributed by atoms with E-state index in [0.29, 0.717) is 28.5 Å². The Balaban J connectivity index is 1.32. The first-order valence-electron chi connectivity index (χ1n) is 9.40. The molecule has 2 aromatic carbocycles. The SMILES string of the molecule is Cc1noc(C)c1COc1ccc(C(=O)OCc2nnc(-c3ccccc3Cl)o2)cc1. The minimum absolute atomic E-state index is 0.152. The van der Waals surface area contributed by atoms with Crippen molar-refractivity contribution >= 4 is 17.6 Å². The van der Waals surface area contributed by atoms with Gasteiger partial charge in [0, 0.05) is 0 Å². The molecular formula is C22H18ClN3O5. The fourth-order valence-corrected chi connectivity index (χ4v) is 3.03. The summed E-state index contributed by atoms with van der Waals surface area (Å²) in [6.45, 7) is 3.87. The van der Waals surface area contributed by atoms with Gasteiger partial charge in [0.05, 0.1) is 27.4 Å². The van der Waals surface area contributed by atoms with Crippen LogP contribution < -0.4 is 4.74 Å². The van der Waals surface area contributed by atoms with E-state index in [0.717, 1.165) is 17.0 Å². The molecule has 2 aromatic heterocycles. The van der Waals surface area contributed by atoms with Gasteiger partial charge in [-0.3, -0.25) is 0 Å². The van der Waals surface area contributed by atoms with Crippen molar-refractivity contribution in [2.24, 2.45) is 0 Å². The van der Waals surface area contributed by atoms with Crippen molar-refractivity contribution in [3.05, 3.63) is 82.0 Å². The van der Waals surface area contributed by atoms with Gasteiger partial charge in [0.2, 0.25) is 5.89 Å². The molecule has 0 atom stereocenters. The van der Waals surface area contributed by atoms with Crippen molar-refractivity contribution in [1.29, 1.82) is 0 Å². The van der Waals surface area contributed by atoms with E-state index in [4.69, 9.17) is 30.0 Å². The summed E-state index contributed by atoms with van der Waals surface area (Å²) in [5, 5.41) is 12.2. The number of ether oxygens (including phenoxy) is 2. The molecule has 0 unspecified atom stereocenters. The van der Waals surface area contributed by atoms with Crippen LogP contribution in [0, 0.1) is 13.8 Å². The minimum Gasteiger partial charge on any atom is -0.489 e. The number of nitrogens with zero attached hydrogens (tertiary/aromatic N) is 3. The molecule has 0 bridgehead atoms. The minimum atomic E-state index is -0.519. The summed E-state index contributed by atoms with van der Waals surface area (Å²) in [5.74, 6) is 1.24. The molecule has 4 aromatic rings. The summed E-state index contributed by atoms with van der Waals surface area (Å²) in [6, 6.07) is 13.7. The van der Waals surface area contributed by atoms with Crippen LogP contribution in [0.1, 0.15) is 33.3 Å². The van der Waals surface area contributed by atoms with Crippen LogP contribution in [-0.2, 0) is 18.0 Å². The first kappa shape index (κ1) is 20.6. The molecule has 0 aliphatic rings. The summed E-state index contributed by atoms with van der Waals surface area (Å²) < 4.78 is 21.6. The molecule has 0 aliphatic carbocycles. The summed E-state index contributed by atoms with van der Waals surface area (Å²) in [4.78, 5) is 12.3. The van der Waals surface area contributed by atoms with Crippen molar-refractivity contribution in [3.8, 4) is 17.2 Å². The van der Waals surface area contributed by atoms with Crippen molar-refractivity contribution in [2.75, 3.05) is 0 Å². The van der Waals surface area contributed by atoms with Gasteiger partial charge in [0.1, 0.15) is 18.1 Å². The van der Waals surface area contributed by atoms with Crippen LogP contribution in [-0.4, -0.2) is 21.3 Å². The van der Waals surface area contributed by atoms with Crippen molar-refractivity contribution in [2.45, 2.75) is 27.1 Å². The fourth-order valence-electron chi connectivity index (χ4n) is 2.82. The maximum absolute atomic E-state index is 12.3. The van der Waals surface area contributed by atoms with Crippen LogP contribution in [0.2, 0.25) is 5.02 Å². The highest BCUT2D eigenvalue weighted by atomic mass is 35.5. The highest BCUT2D eigenvalue weighted by Crippen LogP contribution is 2.26. The molecule has 0 fully saturated rings. The predicted molar refractivity (Wildman–Crippen MR) is 111 cm³/mol. The van der Waals surface area contributed by atoms with E-state index in [1.54, 1.807) is 42.5 Å². The van der Waals surface area contributed by atoms with Crippen molar-refractivity contribution in [1.82, 2.24) is 15.4 Å². The number of benzene rings is 2. The predicted octanol–water partition coefficient (Wildman–Crippen LogP) is 4.93. The van der Waals surface area contributed by atoms with Crippen LogP contribution in [0.5, 0.6) is 5.75 Å². The Bertz CT molecular complexity index is 1180. The average molecular weight is 440 g/mol. The molecule has 4 rings (SSSR count). The third-order valence-electron chi connectivity index (χ3n) is 4.55. The third kappa shape index (κ3) is 4.75. The van der Waals surface area contributed by atoms with E-state index in [2.05, 4.69) is 15.4 Å². The molecule has 0 radical (unpaired) electrons. The van der Waals surface area contributed by atoms with Gasteiger partial charge < -0.3 is 18.4 Å². The molecule has 0 saturated carbocycles. The second-order valence-corrected chi connectivity index (χ2v) is 7.08. The molecule has 158 valence electrons. The highest BCUT2D eigenvalue weighted by molar-refractivity contribution is 6.33. The second-order valence-electron chi connectivity index (χ2n) is 6.67. The average Bonchev–Trinajstić information content (AvgIpc) is 3.38. The summed E-state index contributed by atoms with van der Waals surface area (Å²) in [5.41, 5.74) is 2.67. The van der Waals surface area contributed by atoms with Crippen LogP contribution in [0.4, 0.5) is 0 Å². The Morgan fingerprint density at radius 3 is 2.52 bits per heavy atom. The smallest absolute Gasteiger partial charge is 0.338 e. The fraction of sp³-hybridized carbons (Fsp3) is 0.182. The number of aryl methyl sites for hydroxylation is 2. The normalized spacial score (nSPS) is 10.8. The van der Waals surface area contributed by atoms with Gasteiger partial charge in [0.15, 0.2) is 6.61 Å². The number of carbonyl (C=O) groups is 1. The van der Waals surface area contributed by atoms with Gasteiger partial charge >= 0.3 is 5.97 Å². The molecule has 0 spiro atoms. The van der Waals surface area contributed by atoms with E-state index in [9.17, 15) is 4.79 Å². The molecule has 0 saturated heterocycles. The van der Waals surface area contributed by atoms with Crippen LogP contribution >= 0.6 is 11.6 Å². The van der Waals surface area contributed by atoms with Gasteiger partial charge in [-0.15, -0.1) is 10.2 Å². The van der Waals surface area contributed by atoms with Crippen molar-refractivity contribution < 1.29 is 23.2 Å². The van der Waals surface area contributed by atoms with E-state index < -0.39 is 5.97 Å². The van der Waals surface area contributed by atoms with Crippen LogP contribution in [0.3, 0.4) is 0 Å². The lowest BCUT2D eigenvalue weighted by Gasteiger charge is -2.07. The van der Waals surface area contributed by atoms with E-state index >= 15 is 0 Å². The molecule has 0 N–H and O–H groups in total. The summed E-state index contributed by atoms with van der Waals surface area (Å²) in [7, 11) is 0. The lowest BCUT2D eigenvalue weighted by molar-refractivity contribution is 0.0438. The number of rotatable bonds is 7. The zero-order valence-electron chi connectivity index (χ0n) is 16.8. The van der Waals surface area contributed by atoms with Crippen LogP contribution in [0.15, 0.2) is 57.5 Å². The Morgan fingerprint density at radius 2 is 1.81 bits per heavy atom. The van der Waals surface area contributed by atoms with Gasteiger partial charge in [-0.2, -0.15) is 0 Å². The zero-order chi connectivity index (χ0) is 21.8. The first-order chi connectivity index (χ1) is 15.0. The Kier molecular flexibility index (Phi) is 5.99. The molecule has 8 nitrogen and oxygen atoms in total. The lowest BCUT2D eigenvalue weighted by atomic mass is 10.2. The third-order valence-corrected chi connectivity index (χ3v) is 4.88. The Morgan fingerprint density at radius 1 is 1.03 bits per heavy atom. The molecule has 2 heterocycles. The van der Waals surface area contributed by atoms with E-state index in [1.807, 2.05) is 19.9 Å².